The van der Waals surface area contributed by atoms with Gasteiger partial charge < -0.3 is 15.0 Å². The SMILES string of the molecule is CC(C)N1CCC(Oc2cc(-n3ccccc3=O)ccc2-n2cc(CNC(=O)C3=CCC(Cl)S3)nn2)CC1. The molecular weight excluding hydrogens is 524 g/mol. The lowest BCUT2D eigenvalue weighted by Gasteiger charge is -2.34. The lowest BCUT2D eigenvalue weighted by atomic mass is 10.1. The van der Waals surface area contributed by atoms with E-state index in [0.717, 1.165) is 25.9 Å². The van der Waals surface area contributed by atoms with Crippen molar-refractivity contribution in [3.05, 3.63) is 75.8 Å². The fourth-order valence-corrected chi connectivity index (χ4v) is 5.82. The summed E-state index contributed by atoms with van der Waals surface area (Å²) in [6.07, 6.45) is 7.93. The number of ether oxygens (including phenoxy) is 1. The number of hydrogen-bond donors (Lipinski definition) is 1. The summed E-state index contributed by atoms with van der Waals surface area (Å²) in [5, 5.41) is 11.4. The van der Waals surface area contributed by atoms with Gasteiger partial charge in [-0.1, -0.05) is 17.4 Å². The quantitative estimate of drug-likeness (QED) is 0.422. The molecule has 9 nitrogen and oxygen atoms in total. The van der Waals surface area contributed by atoms with Gasteiger partial charge in [-0.3, -0.25) is 14.2 Å². The van der Waals surface area contributed by atoms with Crippen molar-refractivity contribution < 1.29 is 9.53 Å². The van der Waals surface area contributed by atoms with Crippen molar-refractivity contribution in [3.8, 4) is 17.1 Å². The first-order chi connectivity index (χ1) is 18.4. The van der Waals surface area contributed by atoms with Crippen LogP contribution in [0.2, 0.25) is 0 Å². The zero-order valence-corrected chi connectivity index (χ0v) is 23.0. The van der Waals surface area contributed by atoms with Crippen molar-refractivity contribution in [2.75, 3.05) is 13.1 Å². The van der Waals surface area contributed by atoms with Gasteiger partial charge in [0.2, 0.25) is 0 Å². The number of aromatic nitrogens is 4. The summed E-state index contributed by atoms with van der Waals surface area (Å²) >= 11 is 7.44. The third-order valence-corrected chi connectivity index (χ3v) is 8.23. The van der Waals surface area contributed by atoms with Crippen LogP contribution in [-0.4, -0.2) is 60.3 Å². The van der Waals surface area contributed by atoms with Gasteiger partial charge in [0.05, 0.1) is 28.0 Å². The van der Waals surface area contributed by atoms with Crippen molar-refractivity contribution in [2.24, 2.45) is 0 Å². The molecule has 0 radical (unpaired) electrons. The number of rotatable bonds is 8. The van der Waals surface area contributed by atoms with Gasteiger partial charge >= 0.3 is 0 Å². The highest BCUT2D eigenvalue weighted by molar-refractivity contribution is 8.05. The number of halogens is 1. The molecule has 5 rings (SSSR count). The van der Waals surface area contributed by atoms with Gasteiger partial charge in [-0.25, -0.2) is 4.68 Å². The van der Waals surface area contributed by atoms with Crippen LogP contribution in [0.5, 0.6) is 5.75 Å². The minimum Gasteiger partial charge on any atom is -0.488 e. The van der Waals surface area contributed by atoms with E-state index in [9.17, 15) is 9.59 Å². The molecule has 1 aromatic carbocycles. The van der Waals surface area contributed by atoms with Crippen LogP contribution in [0.25, 0.3) is 11.4 Å². The maximum atomic E-state index is 12.5. The molecule has 0 spiro atoms. The van der Waals surface area contributed by atoms with Gasteiger partial charge in [0.25, 0.3) is 11.5 Å². The van der Waals surface area contributed by atoms with E-state index in [0.29, 0.717) is 40.2 Å². The van der Waals surface area contributed by atoms with Gasteiger partial charge in [-0.2, -0.15) is 0 Å². The fourth-order valence-electron chi connectivity index (χ4n) is 4.60. The second kappa shape index (κ2) is 11.8. The van der Waals surface area contributed by atoms with Gasteiger partial charge in [0, 0.05) is 37.5 Å². The number of nitrogens with zero attached hydrogens (tertiary/aromatic N) is 5. The highest BCUT2D eigenvalue weighted by atomic mass is 35.5. The number of alkyl halides is 1. The average molecular weight is 555 g/mol. The number of nitrogens with one attached hydrogen (secondary N) is 1. The molecule has 0 saturated carbocycles. The van der Waals surface area contributed by atoms with Crippen molar-refractivity contribution >= 4 is 29.3 Å². The lowest BCUT2D eigenvalue weighted by molar-refractivity contribution is -0.117. The fraction of sp³-hybridized carbons (Fsp3) is 0.407. The highest BCUT2D eigenvalue weighted by Gasteiger charge is 2.24. The maximum absolute atomic E-state index is 12.5. The van der Waals surface area contributed by atoms with Crippen LogP contribution in [0.15, 0.2) is 64.6 Å². The number of carbonyl (C=O) groups excluding carboxylic acids is 1. The van der Waals surface area contributed by atoms with Gasteiger partial charge in [-0.15, -0.1) is 28.5 Å². The third-order valence-electron chi connectivity index (χ3n) is 6.73. The summed E-state index contributed by atoms with van der Waals surface area (Å²) in [6.45, 7) is 6.61. The second-order valence-electron chi connectivity index (χ2n) is 9.68. The van der Waals surface area contributed by atoms with Crippen LogP contribution in [0.1, 0.15) is 38.8 Å². The number of pyridine rings is 1. The Bertz CT molecular complexity index is 1380. The number of allylic oxidation sites excluding steroid dienone is 1. The highest BCUT2D eigenvalue weighted by Crippen LogP contribution is 2.34. The Kier molecular flexibility index (Phi) is 8.21. The molecule has 0 aliphatic carbocycles. The molecule has 1 amide bonds. The van der Waals surface area contributed by atoms with Crippen LogP contribution in [0.4, 0.5) is 0 Å². The van der Waals surface area contributed by atoms with E-state index < -0.39 is 0 Å². The Labute approximate surface area is 230 Å². The Balaban J connectivity index is 1.36. The predicted molar refractivity (Wildman–Crippen MR) is 149 cm³/mol. The number of thioether (sulfide) groups is 1. The van der Waals surface area contributed by atoms with Crippen molar-refractivity contribution in [3.63, 3.8) is 0 Å². The van der Waals surface area contributed by atoms with Crippen molar-refractivity contribution in [2.45, 2.75) is 56.5 Å². The average Bonchev–Trinajstić information content (AvgIpc) is 3.57. The predicted octanol–water partition coefficient (Wildman–Crippen LogP) is 3.87. The van der Waals surface area contributed by atoms with E-state index >= 15 is 0 Å². The van der Waals surface area contributed by atoms with Crippen LogP contribution >= 0.6 is 23.4 Å². The molecule has 1 fully saturated rings. The Morgan fingerprint density at radius 3 is 2.76 bits per heavy atom. The Morgan fingerprint density at radius 2 is 2.05 bits per heavy atom. The molecule has 11 heteroatoms. The molecule has 4 heterocycles. The standard InChI is InChI=1S/C27H31ClN6O3S/c1-18(2)32-13-10-21(11-14-32)37-23-15-20(33-12-4-3-5-26(33)35)6-7-22(23)34-17-19(30-31-34)16-29-27(36)24-8-9-25(28)38-24/h3-8,12,15,17-18,21,25H,9-11,13-14,16H2,1-2H3,(H,29,36). The van der Waals surface area contributed by atoms with E-state index in [1.54, 1.807) is 27.7 Å². The van der Waals surface area contributed by atoms with Crippen LogP contribution in [0.3, 0.4) is 0 Å². The maximum Gasteiger partial charge on any atom is 0.257 e. The summed E-state index contributed by atoms with van der Waals surface area (Å²) in [7, 11) is 0. The summed E-state index contributed by atoms with van der Waals surface area (Å²) in [4.78, 5) is 28.0. The third kappa shape index (κ3) is 6.14. The van der Waals surface area contributed by atoms with Gasteiger partial charge in [-0.05, 0) is 51.3 Å². The molecule has 2 aliphatic heterocycles. The molecule has 0 bridgehead atoms. The number of benzene rings is 1. The van der Waals surface area contributed by atoms with Gasteiger partial charge in [0.1, 0.15) is 23.2 Å². The second-order valence-corrected chi connectivity index (χ2v) is 11.7. The lowest BCUT2D eigenvalue weighted by Crippen LogP contribution is -2.41. The zero-order chi connectivity index (χ0) is 26.6. The Hall–Kier alpha value is -3.08. The molecule has 1 saturated heterocycles. The summed E-state index contributed by atoms with van der Waals surface area (Å²) < 4.78 is 9.67. The minimum atomic E-state index is -0.165. The molecule has 1 atom stereocenters. The number of amides is 1. The summed E-state index contributed by atoms with van der Waals surface area (Å²) in [6, 6.07) is 11.2. The first kappa shape index (κ1) is 26.5. The molecule has 2 aromatic heterocycles. The van der Waals surface area contributed by atoms with Gasteiger partial charge in [0.15, 0.2) is 0 Å². The number of likely N-dealkylation sites (tertiary alicyclic amines) is 1. The molecule has 3 aromatic rings. The van der Waals surface area contributed by atoms with E-state index in [2.05, 4.69) is 34.4 Å². The summed E-state index contributed by atoms with van der Waals surface area (Å²) in [5.41, 5.74) is 1.92. The van der Waals surface area contributed by atoms with E-state index in [1.807, 2.05) is 30.3 Å². The smallest absolute Gasteiger partial charge is 0.257 e. The largest absolute Gasteiger partial charge is 0.488 e. The van der Waals surface area contributed by atoms with Crippen LogP contribution in [0, 0.1) is 0 Å². The monoisotopic (exact) mass is 554 g/mol. The molecule has 1 unspecified atom stereocenters. The number of carbonyl (C=O) groups is 1. The molecule has 200 valence electrons. The topological polar surface area (TPSA) is 94.3 Å². The normalized spacial score (nSPS) is 18.5. The molecule has 38 heavy (non-hydrogen) atoms. The van der Waals surface area contributed by atoms with Crippen LogP contribution in [-0.2, 0) is 11.3 Å². The molecule has 2 aliphatic rings. The van der Waals surface area contributed by atoms with Crippen molar-refractivity contribution in [1.82, 2.24) is 29.8 Å². The zero-order valence-electron chi connectivity index (χ0n) is 21.4. The van der Waals surface area contributed by atoms with Crippen molar-refractivity contribution in [1.29, 1.82) is 0 Å². The molecule has 1 N–H and O–H groups in total. The van der Waals surface area contributed by atoms with E-state index in [4.69, 9.17) is 16.3 Å². The first-order valence-corrected chi connectivity index (χ1v) is 14.1. The van der Waals surface area contributed by atoms with E-state index in [-0.39, 0.29) is 28.8 Å². The number of hydrogen-bond acceptors (Lipinski definition) is 7. The summed E-state index contributed by atoms with van der Waals surface area (Å²) in [5.74, 6) is 0.463. The minimum absolute atomic E-state index is 0.0525. The number of piperidine rings is 1. The Morgan fingerprint density at radius 1 is 1.24 bits per heavy atom. The molecular formula is C27H31ClN6O3S. The van der Waals surface area contributed by atoms with Crippen LogP contribution < -0.4 is 15.6 Å². The van der Waals surface area contributed by atoms with E-state index in [1.165, 1.54) is 17.8 Å². The first-order valence-electron chi connectivity index (χ1n) is 12.8.